The molecule has 2 atom stereocenters. The molecule has 0 aromatic rings. The molecule has 0 aromatic heterocycles. The minimum atomic E-state index is 0.343. The highest BCUT2D eigenvalue weighted by atomic mass is 16.5. The summed E-state index contributed by atoms with van der Waals surface area (Å²) in [6, 6.07) is 0. The molecule has 2 nitrogen and oxygen atoms in total. The first-order valence-corrected chi connectivity index (χ1v) is 3.95. The van der Waals surface area contributed by atoms with Gasteiger partial charge in [-0.2, -0.15) is 0 Å². The Morgan fingerprint density at radius 2 is 1.90 bits per heavy atom. The summed E-state index contributed by atoms with van der Waals surface area (Å²) in [7, 11) is 1.73. The van der Waals surface area contributed by atoms with E-state index in [0.717, 1.165) is 13.2 Å². The third-order valence-electron chi connectivity index (χ3n) is 1.60. The molecule has 1 fully saturated rings. The minimum absolute atomic E-state index is 0.343. The van der Waals surface area contributed by atoms with Crippen molar-refractivity contribution in [3.63, 3.8) is 0 Å². The zero-order valence-electron chi connectivity index (χ0n) is 7.39. The highest BCUT2D eigenvalue weighted by Gasteiger charge is 2.22. The Balaban J connectivity index is 0.000000371. The third kappa shape index (κ3) is 2.67. The van der Waals surface area contributed by atoms with E-state index < -0.39 is 0 Å². The number of hydrogen-bond acceptors (Lipinski definition) is 2. The largest absolute Gasteiger partial charge is 0.379 e. The molecule has 0 N–H and O–H groups in total. The molecule has 0 spiro atoms. The first-order chi connectivity index (χ1) is 4.84. The molecule has 0 amide bonds. The Hall–Kier alpha value is -0.0800. The molecule has 0 saturated carbocycles. The predicted octanol–water partition coefficient (Wildman–Crippen LogP) is 1.69. The molecule has 0 radical (unpaired) electrons. The summed E-state index contributed by atoms with van der Waals surface area (Å²) in [4.78, 5) is 0. The first kappa shape index (κ1) is 9.92. The van der Waals surface area contributed by atoms with Crippen LogP contribution in [0.2, 0.25) is 0 Å². The van der Waals surface area contributed by atoms with Crippen molar-refractivity contribution in [3.05, 3.63) is 0 Å². The van der Waals surface area contributed by atoms with Crippen LogP contribution in [-0.2, 0) is 9.47 Å². The van der Waals surface area contributed by atoms with E-state index in [1.165, 1.54) is 0 Å². The summed E-state index contributed by atoms with van der Waals surface area (Å²) in [6.07, 6.45) is 0.343. The first-order valence-electron chi connectivity index (χ1n) is 3.95. The van der Waals surface area contributed by atoms with E-state index in [1.54, 1.807) is 7.11 Å². The molecule has 62 valence electrons. The molecule has 1 heterocycles. The smallest absolute Gasteiger partial charge is 0.0852 e. The molecule has 1 aliphatic rings. The van der Waals surface area contributed by atoms with Gasteiger partial charge in [-0.05, 0) is 0 Å². The van der Waals surface area contributed by atoms with Crippen molar-refractivity contribution in [2.45, 2.75) is 26.9 Å². The molecule has 10 heavy (non-hydrogen) atoms. The minimum Gasteiger partial charge on any atom is -0.379 e. The van der Waals surface area contributed by atoms with Crippen molar-refractivity contribution in [2.24, 2.45) is 5.92 Å². The Morgan fingerprint density at radius 3 is 2.10 bits per heavy atom. The normalized spacial score (nSPS) is 31.2. The second kappa shape index (κ2) is 5.69. The molecular formula is C8H18O2. The van der Waals surface area contributed by atoms with Crippen molar-refractivity contribution >= 4 is 0 Å². The van der Waals surface area contributed by atoms with E-state index in [9.17, 15) is 0 Å². The number of methoxy groups -OCH3 is 1. The van der Waals surface area contributed by atoms with Crippen LogP contribution in [0.5, 0.6) is 0 Å². The van der Waals surface area contributed by atoms with Gasteiger partial charge in [0.2, 0.25) is 0 Å². The SMILES string of the molecule is CC.CO[C@@H]1COC[C@@H]1C. The lowest BCUT2D eigenvalue weighted by Gasteiger charge is -2.08. The fourth-order valence-corrected chi connectivity index (χ4v) is 0.942. The van der Waals surface area contributed by atoms with E-state index in [4.69, 9.17) is 9.47 Å². The van der Waals surface area contributed by atoms with Gasteiger partial charge in [0, 0.05) is 13.0 Å². The number of rotatable bonds is 1. The molecule has 1 rings (SSSR count). The fourth-order valence-electron chi connectivity index (χ4n) is 0.942. The average Bonchev–Trinajstić information content (AvgIpc) is 2.39. The second-order valence-electron chi connectivity index (χ2n) is 2.29. The van der Waals surface area contributed by atoms with Crippen LogP contribution in [0.4, 0.5) is 0 Å². The lowest BCUT2D eigenvalue weighted by atomic mass is 10.1. The van der Waals surface area contributed by atoms with Gasteiger partial charge in [0.1, 0.15) is 0 Å². The zero-order chi connectivity index (χ0) is 7.98. The topological polar surface area (TPSA) is 18.5 Å². The third-order valence-corrected chi connectivity index (χ3v) is 1.60. The Labute approximate surface area is 63.5 Å². The van der Waals surface area contributed by atoms with Gasteiger partial charge in [-0.1, -0.05) is 20.8 Å². The van der Waals surface area contributed by atoms with Crippen LogP contribution in [0.25, 0.3) is 0 Å². The summed E-state index contributed by atoms with van der Waals surface area (Å²) in [5.74, 6) is 0.583. The number of ether oxygens (including phenoxy) is 2. The van der Waals surface area contributed by atoms with Gasteiger partial charge >= 0.3 is 0 Å². The average molecular weight is 146 g/mol. The van der Waals surface area contributed by atoms with Crippen LogP contribution < -0.4 is 0 Å². The monoisotopic (exact) mass is 146 g/mol. The van der Waals surface area contributed by atoms with Gasteiger partial charge in [0.15, 0.2) is 0 Å². The van der Waals surface area contributed by atoms with Crippen LogP contribution in [0, 0.1) is 5.92 Å². The zero-order valence-corrected chi connectivity index (χ0v) is 7.39. The Bertz CT molecular complexity index is 73.7. The maximum absolute atomic E-state index is 5.14. The summed E-state index contributed by atoms with van der Waals surface area (Å²) < 4.78 is 10.2. The van der Waals surface area contributed by atoms with E-state index in [1.807, 2.05) is 13.8 Å². The van der Waals surface area contributed by atoms with Crippen LogP contribution in [0.3, 0.4) is 0 Å². The molecular weight excluding hydrogens is 128 g/mol. The maximum atomic E-state index is 5.14. The summed E-state index contributed by atoms with van der Waals surface area (Å²) >= 11 is 0. The molecule has 2 heteroatoms. The van der Waals surface area contributed by atoms with E-state index >= 15 is 0 Å². The molecule has 0 aromatic carbocycles. The highest BCUT2D eigenvalue weighted by molar-refractivity contribution is 4.70. The van der Waals surface area contributed by atoms with Crippen molar-refractivity contribution < 1.29 is 9.47 Å². The fraction of sp³-hybridized carbons (Fsp3) is 1.00. The van der Waals surface area contributed by atoms with Crippen LogP contribution in [-0.4, -0.2) is 26.4 Å². The summed E-state index contributed by atoms with van der Waals surface area (Å²) in [5.41, 5.74) is 0. The van der Waals surface area contributed by atoms with Crippen LogP contribution in [0.1, 0.15) is 20.8 Å². The lowest BCUT2D eigenvalue weighted by molar-refractivity contribution is 0.0697. The molecule has 1 saturated heterocycles. The van der Waals surface area contributed by atoms with Gasteiger partial charge in [0.25, 0.3) is 0 Å². The van der Waals surface area contributed by atoms with Gasteiger partial charge in [0.05, 0.1) is 19.3 Å². The molecule has 0 unspecified atom stereocenters. The standard InChI is InChI=1S/C6H12O2.C2H6/c1-5-3-8-4-6(5)7-2;1-2/h5-6H,3-4H2,1-2H3;1-2H3/t5-,6+;/m0./s1. The van der Waals surface area contributed by atoms with Crippen molar-refractivity contribution in [1.82, 2.24) is 0 Å². The van der Waals surface area contributed by atoms with Gasteiger partial charge < -0.3 is 9.47 Å². The summed E-state index contributed by atoms with van der Waals surface area (Å²) in [5, 5.41) is 0. The maximum Gasteiger partial charge on any atom is 0.0852 e. The molecule has 0 bridgehead atoms. The highest BCUT2D eigenvalue weighted by Crippen LogP contribution is 2.14. The summed E-state index contributed by atoms with van der Waals surface area (Å²) in [6.45, 7) is 7.78. The van der Waals surface area contributed by atoms with E-state index in [0.29, 0.717) is 12.0 Å². The Kier molecular flexibility index (Phi) is 5.64. The molecule has 1 aliphatic heterocycles. The van der Waals surface area contributed by atoms with Crippen molar-refractivity contribution in [2.75, 3.05) is 20.3 Å². The Morgan fingerprint density at radius 1 is 1.30 bits per heavy atom. The van der Waals surface area contributed by atoms with Crippen LogP contribution >= 0.6 is 0 Å². The van der Waals surface area contributed by atoms with Crippen molar-refractivity contribution in [3.8, 4) is 0 Å². The quantitative estimate of drug-likeness (QED) is 0.560. The van der Waals surface area contributed by atoms with E-state index in [-0.39, 0.29) is 0 Å². The molecule has 0 aliphatic carbocycles. The van der Waals surface area contributed by atoms with Gasteiger partial charge in [-0.15, -0.1) is 0 Å². The van der Waals surface area contributed by atoms with Crippen LogP contribution in [0.15, 0.2) is 0 Å². The predicted molar refractivity (Wildman–Crippen MR) is 42.1 cm³/mol. The van der Waals surface area contributed by atoms with Crippen molar-refractivity contribution in [1.29, 1.82) is 0 Å². The van der Waals surface area contributed by atoms with E-state index in [2.05, 4.69) is 6.92 Å². The lowest BCUT2D eigenvalue weighted by Crippen LogP contribution is -2.17. The van der Waals surface area contributed by atoms with Gasteiger partial charge in [-0.3, -0.25) is 0 Å². The number of hydrogen-bond donors (Lipinski definition) is 0. The van der Waals surface area contributed by atoms with Gasteiger partial charge in [-0.25, -0.2) is 0 Å². The second-order valence-corrected chi connectivity index (χ2v) is 2.29.